The molecule has 1 aromatic heterocycles. The van der Waals surface area contributed by atoms with Gasteiger partial charge in [0.2, 0.25) is 5.91 Å². The van der Waals surface area contributed by atoms with Gasteiger partial charge in [0.25, 0.3) is 0 Å². The monoisotopic (exact) mass is 310 g/mol. The molecule has 1 aromatic carbocycles. The summed E-state index contributed by atoms with van der Waals surface area (Å²) in [6, 6.07) is 6.48. The van der Waals surface area contributed by atoms with Gasteiger partial charge in [-0.3, -0.25) is 4.79 Å². The Hall–Kier alpha value is -1.53. The number of carbonyl (C=O) groups is 1. The molecule has 0 saturated carbocycles. The van der Waals surface area contributed by atoms with Gasteiger partial charge in [-0.05, 0) is 25.2 Å². The van der Waals surface area contributed by atoms with E-state index in [1.165, 1.54) is 22.3 Å². The minimum absolute atomic E-state index is 0.0541. The SMILES string of the molecule is Cc1[nH]c(=S)sc1CC(=O)N(C)Cc1ccccc1F. The molecule has 0 aliphatic rings. The summed E-state index contributed by atoms with van der Waals surface area (Å²) >= 11 is 6.46. The molecule has 0 aliphatic carbocycles. The Bertz CT molecular complexity index is 678. The molecule has 0 atom stereocenters. The summed E-state index contributed by atoms with van der Waals surface area (Å²) in [5, 5.41) is 0. The number of likely N-dealkylation sites (N-methyl/N-ethyl adjacent to an activating group) is 1. The molecule has 1 heterocycles. The van der Waals surface area contributed by atoms with Gasteiger partial charge in [0, 0.05) is 29.7 Å². The molecule has 0 aliphatic heterocycles. The maximum atomic E-state index is 13.6. The van der Waals surface area contributed by atoms with Crippen LogP contribution in [-0.4, -0.2) is 22.8 Å². The summed E-state index contributed by atoms with van der Waals surface area (Å²) in [5.74, 6) is -0.345. The Balaban J connectivity index is 2.04. The lowest BCUT2D eigenvalue weighted by molar-refractivity contribution is -0.129. The lowest BCUT2D eigenvalue weighted by Crippen LogP contribution is -2.28. The van der Waals surface area contributed by atoms with Crippen molar-refractivity contribution in [3.05, 3.63) is 50.2 Å². The number of hydrogen-bond donors (Lipinski definition) is 1. The fourth-order valence-electron chi connectivity index (χ4n) is 1.85. The summed E-state index contributed by atoms with van der Waals surface area (Å²) in [7, 11) is 1.68. The van der Waals surface area contributed by atoms with Gasteiger partial charge < -0.3 is 9.88 Å². The van der Waals surface area contributed by atoms with Crippen molar-refractivity contribution >= 4 is 29.5 Å². The number of aryl methyl sites for hydroxylation is 1. The summed E-state index contributed by atoms with van der Waals surface area (Å²) < 4.78 is 14.2. The number of nitrogens with zero attached hydrogens (tertiary/aromatic N) is 1. The highest BCUT2D eigenvalue weighted by Crippen LogP contribution is 2.17. The third kappa shape index (κ3) is 3.52. The zero-order valence-electron chi connectivity index (χ0n) is 11.3. The highest BCUT2D eigenvalue weighted by atomic mass is 32.1. The number of hydrogen-bond acceptors (Lipinski definition) is 3. The van der Waals surface area contributed by atoms with Crippen molar-refractivity contribution in [2.75, 3.05) is 7.05 Å². The van der Waals surface area contributed by atoms with Crippen LogP contribution in [0.3, 0.4) is 0 Å². The predicted octanol–water partition coefficient (Wildman–Crippen LogP) is 3.45. The first kappa shape index (κ1) is 14.9. The van der Waals surface area contributed by atoms with Crippen LogP contribution in [0.5, 0.6) is 0 Å². The summed E-state index contributed by atoms with van der Waals surface area (Å²) in [6.07, 6.45) is 0.286. The van der Waals surface area contributed by atoms with Crippen molar-refractivity contribution in [1.82, 2.24) is 9.88 Å². The van der Waals surface area contributed by atoms with E-state index in [2.05, 4.69) is 4.98 Å². The van der Waals surface area contributed by atoms with Gasteiger partial charge in [-0.25, -0.2) is 4.39 Å². The molecule has 3 nitrogen and oxygen atoms in total. The van der Waals surface area contributed by atoms with E-state index in [4.69, 9.17) is 12.2 Å². The Kier molecular flexibility index (Phi) is 4.67. The number of nitrogens with one attached hydrogen (secondary N) is 1. The van der Waals surface area contributed by atoms with Crippen molar-refractivity contribution < 1.29 is 9.18 Å². The Morgan fingerprint density at radius 1 is 1.45 bits per heavy atom. The molecule has 106 valence electrons. The number of amides is 1. The normalized spacial score (nSPS) is 10.6. The van der Waals surface area contributed by atoms with Crippen LogP contribution >= 0.6 is 23.6 Å². The van der Waals surface area contributed by atoms with Crippen molar-refractivity contribution in [2.45, 2.75) is 19.9 Å². The molecule has 6 heteroatoms. The number of rotatable bonds is 4. The predicted molar refractivity (Wildman–Crippen MR) is 80.8 cm³/mol. The van der Waals surface area contributed by atoms with E-state index in [0.717, 1.165) is 10.6 Å². The quantitative estimate of drug-likeness (QED) is 0.878. The van der Waals surface area contributed by atoms with E-state index < -0.39 is 0 Å². The minimum atomic E-state index is -0.291. The number of benzene rings is 1. The van der Waals surface area contributed by atoms with E-state index in [-0.39, 0.29) is 24.7 Å². The number of halogens is 1. The van der Waals surface area contributed by atoms with E-state index in [9.17, 15) is 9.18 Å². The lowest BCUT2D eigenvalue weighted by atomic mass is 10.2. The minimum Gasteiger partial charge on any atom is -0.341 e. The molecule has 0 bridgehead atoms. The van der Waals surface area contributed by atoms with Gasteiger partial charge in [0.1, 0.15) is 5.82 Å². The van der Waals surface area contributed by atoms with Crippen LogP contribution in [0, 0.1) is 16.7 Å². The van der Waals surface area contributed by atoms with Crippen molar-refractivity contribution in [3.63, 3.8) is 0 Å². The van der Waals surface area contributed by atoms with Crippen molar-refractivity contribution in [2.24, 2.45) is 0 Å². The lowest BCUT2D eigenvalue weighted by Gasteiger charge is -2.17. The summed E-state index contributed by atoms with van der Waals surface area (Å²) in [4.78, 5) is 17.6. The van der Waals surface area contributed by atoms with E-state index in [1.54, 1.807) is 25.2 Å². The Morgan fingerprint density at radius 3 is 2.75 bits per heavy atom. The van der Waals surface area contributed by atoms with Gasteiger partial charge in [0.05, 0.1) is 6.42 Å². The average molecular weight is 310 g/mol. The number of aromatic nitrogens is 1. The molecule has 2 aromatic rings. The molecular formula is C14H15FN2OS2. The summed E-state index contributed by atoms with van der Waals surface area (Å²) in [6.45, 7) is 2.16. The van der Waals surface area contributed by atoms with Gasteiger partial charge in [-0.2, -0.15) is 0 Å². The van der Waals surface area contributed by atoms with E-state index in [1.807, 2.05) is 6.92 Å². The number of thiazole rings is 1. The number of carbonyl (C=O) groups excluding carboxylic acids is 1. The zero-order valence-corrected chi connectivity index (χ0v) is 12.9. The maximum Gasteiger partial charge on any atom is 0.227 e. The molecule has 0 unspecified atom stereocenters. The highest BCUT2D eigenvalue weighted by molar-refractivity contribution is 7.73. The first-order valence-corrected chi connectivity index (χ1v) is 7.36. The molecule has 1 amide bonds. The first-order valence-electron chi connectivity index (χ1n) is 6.13. The van der Waals surface area contributed by atoms with Crippen molar-refractivity contribution in [1.29, 1.82) is 0 Å². The summed E-state index contributed by atoms with van der Waals surface area (Å²) in [5.41, 5.74) is 1.44. The largest absolute Gasteiger partial charge is 0.341 e. The first-order chi connectivity index (χ1) is 9.47. The second-order valence-electron chi connectivity index (χ2n) is 4.58. The standard InChI is InChI=1S/C14H15FN2OS2/c1-9-12(20-14(19)16-9)7-13(18)17(2)8-10-5-3-4-6-11(10)15/h3-6H,7-8H2,1-2H3,(H,16,19). The fourth-order valence-corrected chi connectivity index (χ4v) is 3.13. The number of aromatic amines is 1. The second kappa shape index (κ2) is 6.28. The third-order valence-corrected chi connectivity index (χ3v) is 4.36. The van der Waals surface area contributed by atoms with Crippen LogP contribution in [-0.2, 0) is 17.8 Å². The smallest absolute Gasteiger partial charge is 0.227 e. The van der Waals surface area contributed by atoms with Gasteiger partial charge in [-0.15, -0.1) is 11.3 Å². The molecule has 0 saturated heterocycles. The average Bonchev–Trinajstić information content (AvgIpc) is 2.70. The van der Waals surface area contributed by atoms with Crippen LogP contribution < -0.4 is 0 Å². The Labute approximate surface area is 126 Å². The highest BCUT2D eigenvalue weighted by Gasteiger charge is 2.14. The van der Waals surface area contributed by atoms with Crippen molar-refractivity contribution in [3.8, 4) is 0 Å². The molecule has 1 N–H and O–H groups in total. The molecule has 0 spiro atoms. The van der Waals surface area contributed by atoms with Crippen LogP contribution in [0.4, 0.5) is 4.39 Å². The Morgan fingerprint density at radius 2 is 2.15 bits per heavy atom. The fraction of sp³-hybridized carbons (Fsp3) is 0.286. The molecular weight excluding hydrogens is 295 g/mol. The maximum absolute atomic E-state index is 13.6. The molecule has 0 fully saturated rings. The zero-order chi connectivity index (χ0) is 14.7. The molecule has 0 radical (unpaired) electrons. The van der Waals surface area contributed by atoms with Crippen LogP contribution in [0.2, 0.25) is 0 Å². The van der Waals surface area contributed by atoms with E-state index in [0.29, 0.717) is 9.52 Å². The van der Waals surface area contributed by atoms with Crippen LogP contribution in [0.15, 0.2) is 24.3 Å². The second-order valence-corrected chi connectivity index (χ2v) is 6.35. The van der Waals surface area contributed by atoms with E-state index >= 15 is 0 Å². The molecule has 20 heavy (non-hydrogen) atoms. The topological polar surface area (TPSA) is 36.1 Å². The molecule has 2 rings (SSSR count). The number of H-pyrrole nitrogens is 1. The van der Waals surface area contributed by atoms with Gasteiger partial charge >= 0.3 is 0 Å². The van der Waals surface area contributed by atoms with Gasteiger partial charge in [-0.1, -0.05) is 18.2 Å². The van der Waals surface area contributed by atoms with Gasteiger partial charge in [0.15, 0.2) is 3.95 Å². The van der Waals surface area contributed by atoms with Crippen LogP contribution in [0.1, 0.15) is 16.1 Å². The third-order valence-electron chi connectivity index (χ3n) is 3.03. The van der Waals surface area contributed by atoms with Crippen LogP contribution in [0.25, 0.3) is 0 Å².